The first-order valence-corrected chi connectivity index (χ1v) is 11.4. The smallest absolute Gasteiger partial charge is 0.307 e. The molecule has 0 saturated heterocycles. The summed E-state index contributed by atoms with van der Waals surface area (Å²) in [7, 11) is 0. The molecule has 0 fully saturated rings. The molecule has 1 N–H and O–H groups in total. The van der Waals surface area contributed by atoms with Gasteiger partial charge in [0.25, 0.3) is 5.91 Å². The quantitative estimate of drug-likeness (QED) is 0.305. The Hall–Kier alpha value is -2.93. The van der Waals surface area contributed by atoms with E-state index in [-0.39, 0.29) is 6.42 Å². The minimum Gasteiger partial charge on any atom is -0.447 e. The Kier molecular flexibility index (Phi) is 7.05. The van der Waals surface area contributed by atoms with Gasteiger partial charge in [-0.25, -0.2) is 4.98 Å². The van der Waals surface area contributed by atoms with Crippen LogP contribution in [0.15, 0.2) is 72.8 Å². The van der Waals surface area contributed by atoms with Crippen molar-refractivity contribution >= 4 is 62.3 Å². The number of esters is 1. The fourth-order valence-electron chi connectivity index (χ4n) is 3.16. The molecule has 3 aromatic carbocycles. The van der Waals surface area contributed by atoms with Crippen LogP contribution in [0.25, 0.3) is 10.2 Å². The minimum atomic E-state index is -1.11. The van der Waals surface area contributed by atoms with Crippen molar-refractivity contribution in [2.75, 3.05) is 5.32 Å². The number of thiazole rings is 1. The first kappa shape index (κ1) is 22.3. The summed E-state index contributed by atoms with van der Waals surface area (Å²) in [5.74, 6) is -0.986. The number of fused-ring (bicyclic) bond motifs is 1. The number of anilines is 1. The van der Waals surface area contributed by atoms with Gasteiger partial charge in [0.1, 0.15) is 0 Å². The van der Waals surface area contributed by atoms with Gasteiger partial charge in [-0.2, -0.15) is 0 Å². The molecule has 1 aromatic heterocycles. The fraction of sp³-hybridized carbons (Fsp3) is 0.125. The summed E-state index contributed by atoms with van der Waals surface area (Å²) >= 11 is 13.6. The van der Waals surface area contributed by atoms with Gasteiger partial charge in [0.15, 0.2) is 0 Å². The highest BCUT2D eigenvalue weighted by Gasteiger charge is 2.25. The van der Waals surface area contributed by atoms with E-state index in [9.17, 15) is 9.59 Å². The van der Waals surface area contributed by atoms with Gasteiger partial charge in [-0.3, -0.25) is 9.59 Å². The molecule has 0 spiro atoms. The maximum atomic E-state index is 13.0. The number of aryl methyl sites for hydroxylation is 1. The van der Waals surface area contributed by atoms with Gasteiger partial charge in [-0.15, -0.1) is 11.3 Å². The Morgan fingerprint density at radius 2 is 1.66 bits per heavy atom. The molecule has 1 unspecified atom stereocenters. The molecule has 1 atom stereocenters. The topological polar surface area (TPSA) is 68.3 Å². The number of benzene rings is 3. The van der Waals surface area contributed by atoms with E-state index in [4.69, 9.17) is 27.9 Å². The monoisotopic (exact) mass is 484 g/mol. The van der Waals surface area contributed by atoms with Gasteiger partial charge < -0.3 is 10.1 Å². The van der Waals surface area contributed by atoms with E-state index in [1.165, 1.54) is 0 Å². The lowest BCUT2D eigenvalue weighted by Crippen LogP contribution is -2.26. The van der Waals surface area contributed by atoms with Gasteiger partial charge in [0.2, 0.25) is 6.10 Å². The first-order valence-electron chi connectivity index (χ1n) is 9.84. The summed E-state index contributed by atoms with van der Waals surface area (Å²) < 4.78 is 6.65. The highest BCUT2D eigenvalue weighted by molar-refractivity contribution is 7.18. The molecule has 0 saturated carbocycles. The average Bonchev–Trinajstić information content (AvgIpc) is 3.19. The Bertz CT molecular complexity index is 1210. The van der Waals surface area contributed by atoms with Crippen molar-refractivity contribution in [2.24, 2.45) is 0 Å². The van der Waals surface area contributed by atoms with Crippen LogP contribution >= 0.6 is 34.5 Å². The first-order chi connectivity index (χ1) is 15.5. The molecule has 1 heterocycles. The summed E-state index contributed by atoms with van der Waals surface area (Å²) in [6.07, 6.45) is -0.568. The maximum Gasteiger partial charge on any atom is 0.307 e. The third-order valence-corrected chi connectivity index (χ3v) is 6.13. The number of aromatic nitrogens is 1. The molecular formula is C24H18Cl2N2O3S. The van der Waals surface area contributed by atoms with E-state index in [2.05, 4.69) is 10.3 Å². The van der Waals surface area contributed by atoms with Gasteiger partial charge in [-0.05, 0) is 30.3 Å². The highest BCUT2D eigenvalue weighted by atomic mass is 35.5. The number of hydrogen-bond acceptors (Lipinski definition) is 5. The van der Waals surface area contributed by atoms with Crippen molar-refractivity contribution < 1.29 is 14.3 Å². The van der Waals surface area contributed by atoms with Crippen LogP contribution in [-0.2, 0) is 20.7 Å². The molecule has 1 amide bonds. The van der Waals surface area contributed by atoms with E-state index >= 15 is 0 Å². The van der Waals surface area contributed by atoms with Crippen molar-refractivity contribution in [3.63, 3.8) is 0 Å². The largest absolute Gasteiger partial charge is 0.447 e. The lowest BCUT2D eigenvalue weighted by molar-refractivity contribution is -0.154. The van der Waals surface area contributed by atoms with Crippen LogP contribution < -0.4 is 5.32 Å². The van der Waals surface area contributed by atoms with Crippen molar-refractivity contribution in [3.05, 3.63) is 93.4 Å². The molecule has 0 aliphatic rings. The molecule has 32 heavy (non-hydrogen) atoms. The minimum absolute atomic E-state index is 0.111. The van der Waals surface area contributed by atoms with Crippen molar-refractivity contribution in [3.8, 4) is 0 Å². The third kappa shape index (κ3) is 5.65. The number of nitrogens with one attached hydrogen (secondary N) is 1. The van der Waals surface area contributed by atoms with E-state index in [0.29, 0.717) is 27.7 Å². The number of ether oxygens (including phenoxy) is 1. The van der Waals surface area contributed by atoms with Crippen LogP contribution in [0.3, 0.4) is 0 Å². The van der Waals surface area contributed by atoms with Crippen LogP contribution in [-0.4, -0.2) is 16.9 Å². The van der Waals surface area contributed by atoms with Gasteiger partial charge in [0, 0.05) is 27.7 Å². The lowest BCUT2D eigenvalue weighted by Gasteiger charge is -2.18. The maximum absolute atomic E-state index is 13.0. The number of halogens is 2. The highest BCUT2D eigenvalue weighted by Crippen LogP contribution is 2.26. The molecule has 0 aliphatic carbocycles. The SMILES string of the molecule is O=C(CCc1nc2ccccc2s1)OC(C(=O)Nc1cc(Cl)cc(Cl)c1)c1ccccc1. The number of carbonyl (C=O) groups excluding carboxylic acids is 2. The van der Waals surface area contributed by atoms with E-state index < -0.39 is 18.0 Å². The van der Waals surface area contributed by atoms with Gasteiger partial charge in [0.05, 0.1) is 21.6 Å². The third-order valence-electron chi connectivity index (χ3n) is 4.60. The lowest BCUT2D eigenvalue weighted by atomic mass is 10.1. The standard InChI is InChI=1S/C24H18Cl2N2O3S/c25-16-12-17(26)14-18(13-16)27-24(30)23(15-6-2-1-3-7-15)31-22(29)11-10-21-28-19-8-4-5-9-20(19)32-21/h1-9,12-14,23H,10-11H2,(H,27,30). The van der Waals surface area contributed by atoms with Crippen LogP contribution in [0.2, 0.25) is 10.0 Å². The zero-order valence-electron chi connectivity index (χ0n) is 16.8. The van der Waals surface area contributed by atoms with E-state index in [0.717, 1.165) is 15.2 Å². The molecule has 162 valence electrons. The Labute approximate surface area is 199 Å². The second-order valence-electron chi connectivity index (χ2n) is 7.00. The summed E-state index contributed by atoms with van der Waals surface area (Å²) in [5, 5.41) is 4.34. The second-order valence-corrected chi connectivity index (χ2v) is 8.99. The molecular weight excluding hydrogens is 467 g/mol. The summed E-state index contributed by atoms with van der Waals surface area (Å²) in [4.78, 5) is 30.1. The molecule has 0 radical (unpaired) electrons. The van der Waals surface area contributed by atoms with Crippen molar-refractivity contribution in [1.82, 2.24) is 4.98 Å². The van der Waals surface area contributed by atoms with Crippen LogP contribution in [0.5, 0.6) is 0 Å². The fourth-order valence-corrected chi connectivity index (χ4v) is 4.65. The Morgan fingerprint density at radius 1 is 0.969 bits per heavy atom. The summed E-state index contributed by atoms with van der Waals surface area (Å²) in [6.45, 7) is 0. The molecule has 0 aliphatic heterocycles. The number of nitrogens with zero attached hydrogens (tertiary/aromatic N) is 1. The van der Waals surface area contributed by atoms with Gasteiger partial charge in [-0.1, -0.05) is 65.7 Å². The molecule has 8 heteroatoms. The Morgan fingerprint density at radius 3 is 2.38 bits per heavy atom. The average molecular weight is 485 g/mol. The zero-order valence-corrected chi connectivity index (χ0v) is 19.1. The molecule has 4 rings (SSSR count). The van der Waals surface area contributed by atoms with Crippen LogP contribution in [0, 0.1) is 0 Å². The molecule has 5 nitrogen and oxygen atoms in total. The number of carbonyl (C=O) groups is 2. The second kappa shape index (κ2) is 10.1. The number of rotatable bonds is 7. The predicted octanol–water partition coefficient (Wildman–Crippen LogP) is 6.46. The van der Waals surface area contributed by atoms with Crippen LogP contribution in [0.4, 0.5) is 5.69 Å². The van der Waals surface area contributed by atoms with Gasteiger partial charge >= 0.3 is 5.97 Å². The van der Waals surface area contributed by atoms with E-state index in [1.54, 1.807) is 53.8 Å². The summed E-state index contributed by atoms with van der Waals surface area (Å²) in [5.41, 5.74) is 1.88. The number of hydrogen-bond donors (Lipinski definition) is 1. The van der Waals surface area contributed by atoms with E-state index in [1.807, 2.05) is 30.3 Å². The summed E-state index contributed by atoms with van der Waals surface area (Å²) in [6, 6.07) is 21.4. The molecule has 4 aromatic rings. The molecule has 0 bridgehead atoms. The Balaban J connectivity index is 1.46. The number of amides is 1. The van der Waals surface area contributed by atoms with Crippen molar-refractivity contribution in [1.29, 1.82) is 0 Å². The normalized spacial score (nSPS) is 11.8. The predicted molar refractivity (Wildman–Crippen MR) is 128 cm³/mol. The number of para-hydroxylation sites is 1. The zero-order chi connectivity index (χ0) is 22.5. The van der Waals surface area contributed by atoms with Crippen molar-refractivity contribution in [2.45, 2.75) is 18.9 Å². The van der Waals surface area contributed by atoms with Crippen LogP contribution in [0.1, 0.15) is 23.1 Å².